The van der Waals surface area contributed by atoms with Gasteiger partial charge in [0.05, 0.1) is 19.3 Å². The first-order chi connectivity index (χ1) is 8.74. The minimum atomic E-state index is -0.302. The Labute approximate surface area is 109 Å². The number of rotatable bonds is 4. The van der Waals surface area contributed by atoms with Crippen LogP contribution in [0.15, 0.2) is 0 Å². The number of nitrogens with zero attached hydrogens (tertiary/aromatic N) is 3. The Bertz CT molecular complexity index is 412. The number of hydrogen-bond donors (Lipinski definition) is 2. The van der Waals surface area contributed by atoms with Crippen LogP contribution in [0.25, 0.3) is 0 Å². The van der Waals surface area contributed by atoms with Crippen molar-refractivity contribution in [1.82, 2.24) is 15.1 Å². The molecule has 1 aromatic heterocycles. The molecule has 1 amide bonds. The third kappa shape index (κ3) is 2.95. The molecule has 2 rings (SSSR count). The van der Waals surface area contributed by atoms with Gasteiger partial charge in [-0.2, -0.15) is 0 Å². The Morgan fingerprint density at radius 3 is 3.22 bits per heavy atom. The van der Waals surface area contributed by atoms with Gasteiger partial charge < -0.3 is 20.1 Å². The number of amides is 1. The van der Waals surface area contributed by atoms with Gasteiger partial charge >= 0.3 is 0 Å². The molecule has 0 radical (unpaired) electrons. The van der Waals surface area contributed by atoms with E-state index >= 15 is 0 Å². The number of nitrogens with one attached hydrogen (secondary N) is 1. The van der Waals surface area contributed by atoms with Crippen LogP contribution in [0, 0.1) is 0 Å². The number of anilines is 1. The smallest absolute Gasteiger partial charge is 0.285 e. The maximum Gasteiger partial charge on any atom is 0.285 e. The maximum absolute atomic E-state index is 12.1. The molecule has 1 aliphatic rings. The Morgan fingerprint density at radius 1 is 1.67 bits per heavy atom. The lowest BCUT2D eigenvalue weighted by Gasteiger charge is -2.31. The van der Waals surface area contributed by atoms with Gasteiger partial charge in [0, 0.05) is 19.6 Å². The van der Waals surface area contributed by atoms with E-state index in [1.807, 2.05) is 6.92 Å². The van der Waals surface area contributed by atoms with Crippen LogP contribution in [-0.4, -0.2) is 65.1 Å². The molecule has 2 heterocycles. The summed E-state index contributed by atoms with van der Waals surface area (Å²) in [4.78, 5) is 13.8. The number of morpholine rings is 1. The van der Waals surface area contributed by atoms with E-state index in [1.165, 1.54) is 11.3 Å². The molecule has 100 valence electrons. The van der Waals surface area contributed by atoms with Crippen LogP contribution in [0.1, 0.15) is 16.7 Å². The largest absolute Gasteiger partial charge is 0.394 e. The van der Waals surface area contributed by atoms with Crippen LogP contribution >= 0.6 is 11.3 Å². The van der Waals surface area contributed by atoms with Gasteiger partial charge in [-0.05, 0) is 6.92 Å². The number of carbonyl (C=O) groups excluding carboxylic acids is 1. The minimum absolute atomic E-state index is 0.0808. The summed E-state index contributed by atoms with van der Waals surface area (Å²) in [6.07, 6.45) is -0.302. The third-order valence-corrected chi connectivity index (χ3v) is 3.43. The summed E-state index contributed by atoms with van der Waals surface area (Å²) in [6, 6.07) is 0. The van der Waals surface area contributed by atoms with E-state index < -0.39 is 0 Å². The summed E-state index contributed by atoms with van der Waals surface area (Å²) >= 11 is 1.24. The molecule has 0 bridgehead atoms. The topological polar surface area (TPSA) is 87.6 Å². The lowest BCUT2D eigenvalue weighted by Crippen LogP contribution is -2.46. The van der Waals surface area contributed by atoms with Crippen molar-refractivity contribution in [3.63, 3.8) is 0 Å². The van der Waals surface area contributed by atoms with Crippen molar-refractivity contribution in [2.24, 2.45) is 0 Å². The Balaban J connectivity index is 2.00. The Hall–Kier alpha value is -1.25. The highest BCUT2D eigenvalue weighted by molar-refractivity contribution is 7.17. The van der Waals surface area contributed by atoms with Crippen molar-refractivity contribution in [1.29, 1.82) is 0 Å². The molecule has 1 atom stereocenters. The summed E-state index contributed by atoms with van der Waals surface area (Å²) in [5, 5.41) is 20.8. The quantitative estimate of drug-likeness (QED) is 0.789. The molecule has 1 aliphatic heterocycles. The highest BCUT2D eigenvalue weighted by Gasteiger charge is 2.26. The molecule has 18 heavy (non-hydrogen) atoms. The summed E-state index contributed by atoms with van der Waals surface area (Å²) in [7, 11) is 0. The molecule has 7 nitrogen and oxygen atoms in total. The van der Waals surface area contributed by atoms with Crippen molar-refractivity contribution in [2.45, 2.75) is 13.0 Å². The van der Waals surface area contributed by atoms with Gasteiger partial charge in [0.15, 0.2) is 0 Å². The molecule has 2 N–H and O–H groups in total. The Morgan fingerprint density at radius 2 is 2.50 bits per heavy atom. The zero-order chi connectivity index (χ0) is 13.0. The average molecular weight is 272 g/mol. The molecule has 1 saturated heterocycles. The molecule has 1 fully saturated rings. The predicted octanol–water partition coefficient (Wildman–Crippen LogP) is -0.197. The van der Waals surface area contributed by atoms with Gasteiger partial charge in [0.25, 0.3) is 5.91 Å². The van der Waals surface area contributed by atoms with Crippen molar-refractivity contribution in [3.05, 3.63) is 5.01 Å². The van der Waals surface area contributed by atoms with Gasteiger partial charge in [0.2, 0.25) is 10.1 Å². The number of aromatic nitrogens is 2. The SMILES string of the molecule is CCNc1nnc(C(=O)N2CCOC(CO)C2)s1. The van der Waals surface area contributed by atoms with Gasteiger partial charge in [-0.3, -0.25) is 4.79 Å². The van der Waals surface area contributed by atoms with Crippen LogP contribution in [-0.2, 0) is 4.74 Å². The zero-order valence-electron chi connectivity index (χ0n) is 10.1. The van der Waals surface area contributed by atoms with Crippen molar-refractivity contribution in [3.8, 4) is 0 Å². The number of carbonyl (C=O) groups is 1. The lowest BCUT2D eigenvalue weighted by molar-refractivity contribution is -0.0447. The van der Waals surface area contributed by atoms with Gasteiger partial charge in [-0.15, -0.1) is 10.2 Å². The van der Waals surface area contributed by atoms with Crippen LogP contribution in [0.2, 0.25) is 0 Å². The van der Waals surface area contributed by atoms with Gasteiger partial charge in [0.1, 0.15) is 0 Å². The number of ether oxygens (including phenoxy) is 1. The number of hydrogen-bond acceptors (Lipinski definition) is 7. The van der Waals surface area contributed by atoms with Crippen molar-refractivity contribution in [2.75, 3.05) is 38.2 Å². The Kier molecular flexibility index (Phi) is 4.45. The lowest BCUT2D eigenvalue weighted by atomic mass is 10.3. The monoisotopic (exact) mass is 272 g/mol. The summed E-state index contributed by atoms with van der Waals surface area (Å²) < 4.78 is 5.30. The zero-order valence-corrected chi connectivity index (χ0v) is 10.9. The molecular formula is C10H16N4O3S. The fraction of sp³-hybridized carbons (Fsp3) is 0.700. The molecule has 1 unspecified atom stereocenters. The third-order valence-electron chi connectivity index (χ3n) is 2.57. The second kappa shape index (κ2) is 6.07. The summed E-state index contributed by atoms with van der Waals surface area (Å²) in [5.74, 6) is -0.154. The predicted molar refractivity (Wildman–Crippen MR) is 66.8 cm³/mol. The van der Waals surface area contributed by atoms with E-state index in [1.54, 1.807) is 4.90 Å². The molecule has 0 aromatic carbocycles. The average Bonchev–Trinajstić information content (AvgIpc) is 2.87. The summed E-state index contributed by atoms with van der Waals surface area (Å²) in [5.41, 5.74) is 0. The van der Waals surface area contributed by atoms with Crippen LogP contribution in [0.4, 0.5) is 5.13 Å². The molecule has 1 aromatic rings. The summed E-state index contributed by atoms with van der Waals surface area (Å²) in [6.45, 7) is 3.97. The molecule has 0 spiro atoms. The van der Waals surface area contributed by atoms with E-state index in [4.69, 9.17) is 9.84 Å². The van der Waals surface area contributed by atoms with Gasteiger partial charge in [-0.25, -0.2) is 0 Å². The number of aliphatic hydroxyl groups excluding tert-OH is 1. The highest BCUT2D eigenvalue weighted by atomic mass is 32.1. The standard InChI is InChI=1S/C10H16N4O3S/c1-2-11-10-13-12-8(18-10)9(16)14-3-4-17-7(5-14)6-15/h7,15H,2-6H2,1H3,(H,11,13). The molecule has 0 saturated carbocycles. The van der Waals surface area contributed by atoms with E-state index in [2.05, 4.69) is 15.5 Å². The van der Waals surface area contributed by atoms with E-state index in [0.717, 1.165) is 6.54 Å². The van der Waals surface area contributed by atoms with Crippen LogP contribution < -0.4 is 5.32 Å². The maximum atomic E-state index is 12.1. The number of aliphatic hydroxyl groups is 1. The van der Waals surface area contributed by atoms with Gasteiger partial charge in [-0.1, -0.05) is 11.3 Å². The minimum Gasteiger partial charge on any atom is -0.394 e. The van der Waals surface area contributed by atoms with Crippen LogP contribution in [0.5, 0.6) is 0 Å². The van der Waals surface area contributed by atoms with Crippen molar-refractivity contribution >= 4 is 22.4 Å². The van der Waals surface area contributed by atoms with E-state index in [0.29, 0.717) is 29.8 Å². The first-order valence-electron chi connectivity index (χ1n) is 5.83. The molecule has 8 heteroatoms. The normalized spacial score (nSPS) is 19.9. The van der Waals surface area contributed by atoms with E-state index in [9.17, 15) is 4.79 Å². The molecule has 0 aliphatic carbocycles. The first-order valence-corrected chi connectivity index (χ1v) is 6.65. The van der Waals surface area contributed by atoms with Crippen LogP contribution in [0.3, 0.4) is 0 Å². The fourth-order valence-corrected chi connectivity index (χ4v) is 2.46. The van der Waals surface area contributed by atoms with Crippen molar-refractivity contribution < 1.29 is 14.6 Å². The van der Waals surface area contributed by atoms with E-state index in [-0.39, 0.29) is 18.6 Å². The second-order valence-corrected chi connectivity index (χ2v) is 4.85. The second-order valence-electron chi connectivity index (χ2n) is 3.87. The first kappa shape index (κ1) is 13.2. The highest BCUT2D eigenvalue weighted by Crippen LogP contribution is 2.18. The fourth-order valence-electron chi connectivity index (χ4n) is 1.68. The molecular weight excluding hydrogens is 256 g/mol.